The summed E-state index contributed by atoms with van der Waals surface area (Å²) >= 11 is 1.69. The number of fused-ring (bicyclic) bond motifs is 1. The Hall–Kier alpha value is -1.82. The smallest absolute Gasteiger partial charge is 0.358 e. The molecule has 20 heavy (non-hydrogen) atoms. The minimum Gasteiger partial charge on any atom is -0.464 e. The van der Waals surface area contributed by atoms with Gasteiger partial charge in [0, 0.05) is 4.88 Å². The van der Waals surface area contributed by atoms with Crippen molar-refractivity contribution in [3.05, 3.63) is 28.7 Å². The lowest BCUT2D eigenvalue weighted by Crippen LogP contribution is -2.04. The van der Waals surface area contributed by atoms with E-state index in [1.165, 1.54) is 43.1 Å². The molecule has 0 spiro atoms. The van der Waals surface area contributed by atoms with Crippen molar-refractivity contribution in [3.63, 3.8) is 0 Å². The average Bonchev–Trinajstić information content (AvgIpc) is 2.77. The zero-order valence-electron chi connectivity index (χ0n) is 11.3. The number of thiazole rings is 1. The highest BCUT2D eigenvalue weighted by atomic mass is 32.1. The van der Waals surface area contributed by atoms with Crippen LogP contribution >= 0.6 is 11.3 Å². The van der Waals surface area contributed by atoms with Gasteiger partial charge in [-0.05, 0) is 25.7 Å². The molecule has 3 rings (SSSR count). The Morgan fingerprint density at radius 1 is 1.20 bits per heavy atom. The Labute approximate surface area is 121 Å². The zero-order chi connectivity index (χ0) is 13.9. The molecule has 0 radical (unpaired) electrons. The van der Waals surface area contributed by atoms with Crippen LogP contribution in [0.1, 0.15) is 40.3 Å². The zero-order valence-corrected chi connectivity index (χ0v) is 12.1. The molecule has 2 heterocycles. The van der Waals surface area contributed by atoms with E-state index in [2.05, 4.69) is 19.7 Å². The second-order valence-electron chi connectivity index (χ2n) is 4.73. The molecule has 0 fully saturated rings. The number of hydrogen-bond donors (Lipinski definition) is 0. The Morgan fingerprint density at radius 3 is 2.80 bits per heavy atom. The Kier molecular flexibility index (Phi) is 3.73. The summed E-state index contributed by atoms with van der Waals surface area (Å²) in [6.07, 6.45) is 8.93. The van der Waals surface area contributed by atoms with E-state index in [1.807, 2.05) is 0 Å². The molecule has 2 aromatic rings. The maximum Gasteiger partial charge on any atom is 0.358 e. The van der Waals surface area contributed by atoms with Crippen molar-refractivity contribution in [2.75, 3.05) is 7.11 Å². The molecule has 0 atom stereocenters. The fourth-order valence-electron chi connectivity index (χ4n) is 2.29. The van der Waals surface area contributed by atoms with Gasteiger partial charge in [0.1, 0.15) is 10.7 Å². The SMILES string of the molecule is COC(=O)c1cnc(-c2nc3c(s2)CCCCC3)cn1. The molecule has 1 aliphatic rings. The van der Waals surface area contributed by atoms with Gasteiger partial charge >= 0.3 is 5.97 Å². The van der Waals surface area contributed by atoms with Gasteiger partial charge in [-0.15, -0.1) is 11.3 Å². The van der Waals surface area contributed by atoms with Gasteiger partial charge in [0.05, 0.1) is 25.2 Å². The molecular weight excluding hydrogens is 274 g/mol. The van der Waals surface area contributed by atoms with Gasteiger partial charge in [-0.3, -0.25) is 0 Å². The fourth-order valence-corrected chi connectivity index (χ4v) is 3.40. The number of methoxy groups -OCH3 is 1. The van der Waals surface area contributed by atoms with Crippen LogP contribution in [0.4, 0.5) is 0 Å². The summed E-state index contributed by atoms with van der Waals surface area (Å²) in [5.74, 6) is -0.473. The monoisotopic (exact) mass is 289 g/mol. The normalized spacial score (nSPS) is 14.4. The molecule has 0 saturated carbocycles. The number of rotatable bonds is 2. The van der Waals surface area contributed by atoms with Crippen LogP contribution in [0.15, 0.2) is 12.4 Å². The van der Waals surface area contributed by atoms with Crippen LogP contribution < -0.4 is 0 Å². The fraction of sp³-hybridized carbons (Fsp3) is 0.429. The minimum absolute atomic E-state index is 0.217. The first-order valence-electron chi connectivity index (χ1n) is 6.67. The maximum absolute atomic E-state index is 11.3. The van der Waals surface area contributed by atoms with Gasteiger partial charge in [0.15, 0.2) is 5.69 Å². The van der Waals surface area contributed by atoms with Gasteiger partial charge < -0.3 is 4.74 Å². The summed E-state index contributed by atoms with van der Waals surface area (Å²) in [6, 6.07) is 0. The number of aryl methyl sites for hydroxylation is 2. The molecule has 5 nitrogen and oxygen atoms in total. The first kappa shape index (κ1) is 13.2. The molecule has 0 unspecified atom stereocenters. The lowest BCUT2D eigenvalue weighted by Gasteiger charge is -1.99. The summed E-state index contributed by atoms with van der Waals surface area (Å²) in [5, 5.41) is 0.890. The Balaban J connectivity index is 1.87. The van der Waals surface area contributed by atoms with Crippen molar-refractivity contribution < 1.29 is 9.53 Å². The van der Waals surface area contributed by atoms with Crippen molar-refractivity contribution in [1.82, 2.24) is 15.0 Å². The molecule has 0 bridgehead atoms. The van der Waals surface area contributed by atoms with Crippen LogP contribution in [0.3, 0.4) is 0 Å². The molecule has 0 N–H and O–H groups in total. The third-order valence-corrected chi connectivity index (χ3v) is 4.54. The molecular formula is C14H15N3O2S. The van der Waals surface area contributed by atoms with E-state index in [9.17, 15) is 4.79 Å². The lowest BCUT2D eigenvalue weighted by atomic mass is 10.2. The molecule has 2 aromatic heterocycles. The number of nitrogens with zero attached hydrogens (tertiary/aromatic N) is 3. The molecule has 104 valence electrons. The van der Waals surface area contributed by atoms with Crippen molar-refractivity contribution in [3.8, 4) is 10.7 Å². The van der Waals surface area contributed by atoms with E-state index in [4.69, 9.17) is 0 Å². The minimum atomic E-state index is -0.473. The Bertz CT molecular complexity index is 598. The molecule has 6 heteroatoms. The predicted molar refractivity (Wildman–Crippen MR) is 75.7 cm³/mol. The van der Waals surface area contributed by atoms with Crippen molar-refractivity contribution in [2.45, 2.75) is 32.1 Å². The highest BCUT2D eigenvalue weighted by Crippen LogP contribution is 2.30. The predicted octanol–water partition coefficient (Wildman–Crippen LogP) is 2.66. The third kappa shape index (κ3) is 2.56. The average molecular weight is 289 g/mol. The number of hydrogen-bond acceptors (Lipinski definition) is 6. The highest BCUT2D eigenvalue weighted by molar-refractivity contribution is 7.15. The second kappa shape index (κ2) is 5.66. The van der Waals surface area contributed by atoms with Gasteiger partial charge in [0.2, 0.25) is 0 Å². The summed E-state index contributed by atoms with van der Waals surface area (Å²) < 4.78 is 4.61. The molecule has 1 aliphatic carbocycles. The van der Waals surface area contributed by atoms with Crippen molar-refractivity contribution in [1.29, 1.82) is 0 Å². The number of carbonyl (C=O) groups excluding carboxylic acids is 1. The van der Waals surface area contributed by atoms with Crippen molar-refractivity contribution >= 4 is 17.3 Å². The number of aromatic nitrogens is 3. The van der Waals surface area contributed by atoms with Gasteiger partial charge in [-0.25, -0.2) is 19.7 Å². The largest absolute Gasteiger partial charge is 0.464 e. The van der Waals surface area contributed by atoms with Gasteiger partial charge in [0.25, 0.3) is 0 Å². The number of ether oxygens (including phenoxy) is 1. The first-order valence-corrected chi connectivity index (χ1v) is 7.49. The quantitative estimate of drug-likeness (QED) is 0.628. The first-order chi connectivity index (χ1) is 9.78. The van der Waals surface area contributed by atoms with Crippen LogP contribution in [0.25, 0.3) is 10.7 Å². The molecule has 0 aromatic carbocycles. The topological polar surface area (TPSA) is 65.0 Å². The standard InChI is InChI=1S/C14H15N3O2S/c1-19-14(18)11-8-15-10(7-16-11)13-17-9-5-3-2-4-6-12(9)20-13/h7-8H,2-6H2,1H3. The highest BCUT2D eigenvalue weighted by Gasteiger charge is 2.16. The summed E-state index contributed by atoms with van der Waals surface area (Å²) in [4.78, 5) is 25.7. The molecule has 0 saturated heterocycles. The van der Waals surface area contributed by atoms with Crippen LogP contribution in [-0.4, -0.2) is 28.0 Å². The molecule has 0 amide bonds. The number of esters is 1. The van der Waals surface area contributed by atoms with Crippen LogP contribution in [0.2, 0.25) is 0 Å². The van der Waals surface area contributed by atoms with E-state index in [0.717, 1.165) is 23.5 Å². The third-order valence-electron chi connectivity index (χ3n) is 3.36. The lowest BCUT2D eigenvalue weighted by molar-refractivity contribution is 0.0593. The van der Waals surface area contributed by atoms with E-state index in [-0.39, 0.29) is 5.69 Å². The summed E-state index contributed by atoms with van der Waals surface area (Å²) in [5.41, 5.74) is 2.14. The summed E-state index contributed by atoms with van der Waals surface area (Å²) in [7, 11) is 1.33. The van der Waals surface area contributed by atoms with Crippen molar-refractivity contribution in [2.24, 2.45) is 0 Å². The van der Waals surface area contributed by atoms with Gasteiger partial charge in [-0.1, -0.05) is 6.42 Å². The van der Waals surface area contributed by atoms with E-state index in [1.54, 1.807) is 17.5 Å². The second-order valence-corrected chi connectivity index (χ2v) is 5.81. The summed E-state index contributed by atoms with van der Waals surface area (Å²) in [6.45, 7) is 0. The molecule has 0 aliphatic heterocycles. The van der Waals surface area contributed by atoms with Crippen LogP contribution in [0, 0.1) is 0 Å². The van der Waals surface area contributed by atoms with Gasteiger partial charge in [-0.2, -0.15) is 0 Å². The number of carbonyl (C=O) groups is 1. The maximum atomic E-state index is 11.3. The Morgan fingerprint density at radius 2 is 2.05 bits per heavy atom. The van der Waals surface area contributed by atoms with E-state index >= 15 is 0 Å². The van der Waals surface area contributed by atoms with E-state index < -0.39 is 5.97 Å². The van der Waals surface area contributed by atoms with Crippen LogP contribution in [0.5, 0.6) is 0 Å². The van der Waals surface area contributed by atoms with Crippen LogP contribution in [-0.2, 0) is 17.6 Å². The van der Waals surface area contributed by atoms with E-state index in [0.29, 0.717) is 0 Å².